The van der Waals surface area contributed by atoms with Crippen LogP contribution >= 0.6 is 11.3 Å². The minimum Gasteiger partial charge on any atom is -0.460 e. The van der Waals surface area contributed by atoms with Crippen LogP contribution in [0.5, 0.6) is 0 Å². The number of hydrogen-bond acceptors (Lipinski definition) is 5. The van der Waals surface area contributed by atoms with Crippen LogP contribution < -0.4 is 10.6 Å². The smallest absolute Gasteiger partial charge is 0.257 e. The van der Waals surface area contributed by atoms with E-state index in [0.29, 0.717) is 27.8 Å². The number of rotatable bonds is 4. The monoisotopic (exact) mass is 341 g/mol. The largest absolute Gasteiger partial charge is 0.460 e. The number of benzene rings is 1. The van der Waals surface area contributed by atoms with Crippen LogP contribution in [0.3, 0.4) is 0 Å². The van der Waals surface area contributed by atoms with Gasteiger partial charge in [0.2, 0.25) is 5.91 Å². The van der Waals surface area contributed by atoms with Crippen LogP contribution in [-0.2, 0) is 4.79 Å². The van der Waals surface area contributed by atoms with Gasteiger partial charge in [-0.05, 0) is 37.3 Å². The van der Waals surface area contributed by atoms with Gasteiger partial charge in [-0.15, -0.1) is 11.3 Å². The number of anilines is 2. The van der Waals surface area contributed by atoms with Crippen LogP contribution in [0.25, 0.3) is 11.5 Å². The zero-order valence-corrected chi connectivity index (χ0v) is 13.9. The Kier molecular flexibility index (Phi) is 4.43. The van der Waals surface area contributed by atoms with E-state index in [1.807, 2.05) is 24.4 Å². The normalized spacial score (nSPS) is 10.4. The van der Waals surface area contributed by atoms with Crippen molar-refractivity contribution in [1.29, 1.82) is 0 Å². The molecule has 7 heteroatoms. The van der Waals surface area contributed by atoms with Gasteiger partial charge in [0.1, 0.15) is 11.5 Å². The topological polar surface area (TPSA) is 84.2 Å². The van der Waals surface area contributed by atoms with Crippen LogP contribution in [0.15, 0.2) is 46.2 Å². The molecule has 2 amide bonds. The molecule has 1 aromatic carbocycles. The summed E-state index contributed by atoms with van der Waals surface area (Å²) in [6.07, 6.45) is 0. The number of aromatic nitrogens is 1. The summed E-state index contributed by atoms with van der Waals surface area (Å²) < 4.78 is 5.52. The van der Waals surface area contributed by atoms with Crippen molar-refractivity contribution in [2.24, 2.45) is 0 Å². The SMILES string of the molecule is CC(=O)Nc1cccc(C(=O)Nc2nc(-c3ccc(C)o3)cs2)c1. The van der Waals surface area contributed by atoms with Gasteiger partial charge in [0.15, 0.2) is 10.9 Å². The van der Waals surface area contributed by atoms with Crippen molar-refractivity contribution >= 4 is 34.0 Å². The van der Waals surface area contributed by atoms with Crippen molar-refractivity contribution in [1.82, 2.24) is 4.98 Å². The highest BCUT2D eigenvalue weighted by Crippen LogP contribution is 2.26. The first-order valence-electron chi connectivity index (χ1n) is 7.22. The lowest BCUT2D eigenvalue weighted by atomic mass is 10.2. The summed E-state index contributed by atoms with van der Waals surface area (Å²) in [5, 5.41) is 7.70. The maximum atomic E-state index is 12.3. The van der Waals surface area contributed by atoms with Crippen LogP contribution in [0.4, 0.5) is 10.8 Å². The third kappa shape index (κ3) is 3.69. The van der Waals surface area contributed by atoms with Crippen molar-refractivity contribution in [3.8, 4) is 11.5 Å². The van der Waals surface area contributed by atoms with Gasteiger partial charge in [-0.2, -0.15) is 0 Å². The molecule has 0 saturated heterocycles. The van der Waals surface area contributed by atoms with Crippen LogP contribution in [-0.4, -0.2) is 16.8 Å². The van der Waals surface area contributed by atoms with Crippen molar-refractivity contribution in [2.45, 2.75) is 13.8 Å². The van der Waals surface area contributed by atoms with Crippen molar-refractivity contribution < 1.29 is 14.0 Å². The summed E-state index contributed by atoms with van der Waals surface area (Å²) in [6.45, 7) is 3.28. The van der Waals surface area contributed by atoms with E-state index in [0.717, 1.165) is 5.76 Å². The minimum absolute atomic E-state index is 0.189. The molecule has 0 aliphatic carbocycles. The van der Waals surface area contributed by atoms with E-state index in [9.17, 15) is 9.59 Å². The molecule has 122 valence electrons. The number of carbonyl (C=O) groups is 2. The number of nitrogens with one attached hydrogen (secondary N) is 2. The number of amides is 2. The summed E-state index contributed by atoms with van der Waals surface area (Å²) in [5.41, 5.74) is 1.68. The average molecular weight is 341 g/mol. The first-order chi connectivity index (χ1) is 11.5. The number of hydrogen-bond donors (Lipinski definition) is 2. The molecule has 0 aliphatic rings. The lowest BCUT2D eigenvalue weighted by molar-refractivity contribution is -0.114. The van der Waals surface area contributed by atoms with Crippen LogP contribution in [0, 0.1) is 6.92 Å². The Balaban J connectivity index is 1.73. The fraction of sp³-hybridized carbons (Fsp3) is 0.118. The Morgan fingerprint density at radius 3 is 2.71 bits per heavy atom. The average Bonchev–Trinajstić information content (AvgIpc) is 3.16. The quantitative estimate of drug-likeness (QED) is 0.753. The van der Waals surface area contributed by atoms with Gasteiger partial charge < -0.3 is 9.73 Å². The summed E-state index contributed by atoms with van der Waals surface area (Å²) >= 11 is 1.32. The van der Waals surface area contributed by atoms with E-state index >= 15 is 0 Å². The molecule has 0 aliphatic heterocycles. The van der Waals surface area contributed by atoms with Crippen LogP contribution in [0.1, 0.15) is 23.0 Å². The number of nitrogens with zero attached hydrogens (tertiary/aromatic N) is 1. The van der Waals surface area contributed by atoms with Crippen molar-refractivity contribution in [2.75, 3.05) is 10.6 Å². The fourth-order valence-corrected chi connectivity index (χ4v) is 2.82. The van der Waals surface area contributed by atoms with E-state index in [1.165, 1.54) is 18.3 Å². The number of aryl methyl sites for hydroxylation is 1. The molecule has 0 unspecified atom stereocenters. The summed E-state index contributed by atoms with van der Waals surface area (Å²) in [6, 6.07) is 10.4. The fourth-order valence-electron chi connectivity index (χ4n) is 2.13. The molecular formula is C17H15N3O3S. The van der Waals surface area contributed by atoms with Gasteiger partial charge in [0.25, 0.3) is 5.91 Å². The highest BCUT2D eigenvalue weighted by atomic mass is 32.1. The van der Waals surface area contributed by atoms with Crippen LogP contribution in [0.2, 0.25) is 0 Å². The van der Waals surface area contributed by atoms with Gasteiger partial charge in [-0.1, -0.05) is 6.07 Å². The Bertz CT molecular complexity index is 898. The Morgan fingerprint density at radius 1 is 1.17 bits per heavy atom. The Hall–Kier alpha value is -2.93. The molecule has 0 saturated carbocycles. The first-order valence-corrected chi connectivity index (χ1v) is 8.10. The number of thiazole rings is 1. The molecule has 6 nitrogen and oxygen atoms in total. The Morgan fingerprint density at radius 2 is 2.00 bits per heavy atom. The summed E-state index contributed by atoms with van der Waals surface area (Å²) in [5.74, 6) is 0.986. The lowest BCUT2D eigenvalue weighted by Crippen LogP contribution is -2.13. The molecule has 0 spiro atoms. The molecule has 0 bridgehead atoms. The minimum atomic E-state index is -0.293. The molecule has 2 heterocycles. The van der Waals surface area contributed by atoms with Gasteiger partial charge in [-0.3, -0.25) is 14.9 Å². The zero-order valence-electron chi connectivity index (χ0n) is 13.1. The van der Waals surface area contributed by atoms with E-state index in [-0.39, 0.29) is 11.8 Å². The lowest BCUT2D eigenvalue weighted by Gasteiger charge is -2.05. The third-order valence-electron chi connectivity index (χ3n) is 3.16. The predicted octanol–water partition coefficient (Wildman–Crippen LogP) is 3.92. The molecular weight excluding hydrogens is 326 g/mol. The number of furan rings is 1. The van der Waals surface area contributed by atoms with Gasteiger partial charge in [0.05, 0.1) is 0 Å². The maximum absolute atomic E-state index is 12.3. The molecule has 3 aromatic rings. The molecule has 0 atom stereocenters. The molecule has 2 N–H and O–H groups in total. The van der Waals surface area contributed by atoms with E-state index in [1.54, 1.807) is 24.3 Å². The van der Waals surface area contributed by atoms with E-state index < -0.39 is 0 Å². The number of carbonyl (C=O) groups excluding carboxylic acids is 2. The van der Waals surface area contributed by atoms with Gasteiger partial charge >= 0.3 is 0 Å². The second-order valence-electron chi connectivity index (χ2n) is 5.16. The summed E-state index contributed by atoms with van der Waals surface area (Å²) in [4.78, 5) is 27.8. The molecule has 0 radical (unpaired) electrons. The van der Waals surface area contributed by atoms with Crippen molar-refractivity contribution in [3.05, 3.63) is 53.1 Å². The molecule has 3 rings (SSSR count). The summed E-state index contributed by atoms with van der Waals surface area (Å²) in [7, 11) is 0. The predicted molar refractivity (Wildman–Crippen MR) is 93.3 cm³/mol. The van der Waals surface area contributed by atoms with Crippen molar-refractivity contribution in [3.63, 3.8) is 0 Å². The Labute approximate surface area is 142 Å². The third-order valence-corrected chi connectivity index (χ3v) is 3.92. The second kappa shape index (κ2) is 6.67. The van der Waals surface area contributed by atoms with E-state index in [2.05, 4.69) is 15.6 Å². The zero-order chi connectivity index (χ0) is 17.1. The maximum Gasteiger partial charge on any atom is 0.257 e. The highest BCUT2D eigenvalue weighted by Gasteiger charge is 2.12. The second-order valence-corrected chi connectivity index (χ2v) is 6.02. The molecule has 24 heavy (non-hydrogen) atoms. The first kappa shape index (κ1) is 15.9. The van der Waals surface area contributed by atoms with Gasteiger partial charge in [0, 0.05) is 23.6 Å². The molecule has 2 aromatic heterocycles. The standard InChI is InChI=1S/C17H15N3O3S/c1-10-6-7-15(23-10)14-9-24-17(19-14)20-16(22)12-4-3-5-13(8-12)18-11(2)21/h3-9H,1-2H3,(H,18,21)(H,19,20,22). The van der Waals surface area contributed by atoms with Gasteiger partial charge in [-0.25, -0.2) is 4.98 Å². The van der Waals surface area contributed by atoms with E-state index in [4.69, 9.17) is 4.42 Å². The highest BCUT2D eigenvalue weighted by molar-refractivity contribution is 7.14. The molecule has 0 fully saturated rings.